The van der Waals surface area contributed by atoms with Gasteiger partial charge in [0.1, 0.15) is 0 Å². The van der Waals surface area contributed by atoms with Crippen molar-refractivity contribution in [1.82, 2.24) is 10.3 Å². The van der Waals surface area contributed by atoms with Crippen LogP contribution in [0.3, 0.4) is 0 Å². The number of nitrogens with one attached hydrogen (secondary N) is 2. The molecule has 3 aromatic rings. The number of urea groups is 1. The molecule has 29 heavy (non-hydrogen) atoms. The number of nitrogens with zero attached hydrogens (tertiary/aromatic N) is 1. The highest BCUT2D eigenvalue weighted by Crippen LogP contribution is 2.33. The van der Waals surface area contributed by atoms with Gasteiger partial charge in [-0.25, -0.2) is 9.78 Å². The number of hydrogen-bond acceptors (Lipinski definition) is 2. The number of carbonyl (C=O) groups is 1. The van der Waals surface area contributed by atoms with Gasteiger partial charge in [0.25, 0.3) is 0 Å². The number of hydrogen-bond donors (Lipinski definition) is 2. The molecular weight excluding hydrogens is 386 g/mol. The number of rotatable bonds is 4. The molecule has 0 aliphatic carbocycles. The van der Waals surface area contributed by atoms with Crippen molar-refractivity contribution in [2.75, 3.05) is 5.32 Å². The number of anilines is 1. The second-order valence-electron chi connectivity index (χ2n) is 6.37. The predicted octanol–water partition coefficient (Wildman–Crippen LogP) is 5.54. The maximum absolute atomic E-state index is 13.7. The van der Waals surface area contributed by atoms with Gasteiger partial charge in [0.2, 0.25) is 5.95 Å². The van der Waals surface area contributed by atoms with Crippen molar-refractivity contribution >= 4 is 11.7 Å². The molecule has 2 N–H and O–H groups in total. The summed E-state index contributed by atoms with van der Waals surface area (Å²) in [5.74, 6) is -0.575. The standard InChI is InChI=1S/C21H17F4N3O/c1-13-4-9-16(11-18(13)21(23,24)25)28-20(29)27-12-14-5-7-15(8-6-14)17-3-2-10-26-19(17)22/h2-11H,12H2,1H3,(H2,27,28,29). The summed E-state index contributed by atoms with van der Waals surface area (Å²) in [5, 5.41) is 4.96. The minimum atomic E-state index is -4.49. The Bertz CT molecular complexity index is 1020. The number of halogens is 4. The molecule has 0 unspecified atom stereocenters. The molecule has 1 heterocycles. The summed E-state index contributed by atoms with van der Waals surface area (Å²) in [6.45, 7) is 1.51. The minimum absolute atomic E-state index is 0.0443. The van der Waals surface area contributed by atoms with Crippen LogP contribution in [0.2, 0.25) is 0 Å². The molecule has 0 saturated carbocycles. The van der Waals surface area contributed by atoms with Gasteiger partial charge in [-0.05, 0) is 47.9 Å². The SMILES string of the molecule is Cc1ccc(NC(=O)NCc2ccc(-c3cccnc3F)cc2)cc1C(F)(F)F. The van der Waals surface area contributed by atoms with Crippen molar-refractivity contribution in [2.24, 2.45) is 0 Å². The zero-order chi connectivity index (χ0) is 21.0. The van der Waals surface area contributed by atoms with Crippen LogP contribution in [-0.4, -0.2) is 11.0 Å². The van der Waals surface area contributed by atoms with Gasteiger partial charge in [-0.15, -0.1) is 0 Å². The zero-order valence-electron chi connectivity index (χ0n) is 15.3. The molecule has 2 aromatic carbocycles. The quantitative estimate of drug-likeness (QED) is 0.444. The van der Waals surface area contributed by atoms with E-state index in [4.69, 9.17) is 0 Å². The fourth-order valence-corrected chi connectivity index (χ4v) is 2.77. The Morgan fingerprint density at radius 3 is 2.45 bits per heavy atom. The van der Waals surface area contributed by atoms with E-state index in [-0.39, 0.29) is 17.8 Å². The summed E-state index contributed by atoms with van der Waals surface area (Å²) in [7, 11) is 0. The molecule has 0 fully saturated rings. The molecule has 0 bridgehead atoms. The van der Waals surface area contributed by atoms with Crippen molar-refractivity contribution in [2.45, 2.75) is 19.6 Å². The Kier molecular flexibility index (Phi) is 5.81. The molecule has 0 aliphatic rings. The minimum Gasteiger partial charge on any atom is -0.334 e. The molecule has 0 spiro atoms. The van der Waals surface area contributed by atoms with E-state index in [1.54, 1.807) is 36.4 Å². The van der Waals surface area contributed by atoms with Crippen LogP contribution in [0.15, 0.2) is 60.8 Å². The normalized spacial score (nSPS) is 11.2. The van der Waals surface area contributed by atoms with E-state index in [9.17, 15) is 22.4 Å². The van der Waals surface area contributed by atoms with Gasteiger partial charge in [0.15, 0.2) is 0 Å². The predicted molar refractivity (Wildman–Crippen MR) is 102 cm³/mol. The lowest BCUT2D eigenvalue weighted by molar-refractivity contribution is -0.138. The van der Waals surface area contributed by atoms with Crippen LogP contribution in [0, 0.1) is 12.9 Å². The lowest BCUT2D eigenvalue weighted by atomic mass is 10.1. The second-order valence-corrected chi connectivity index (χ2v) is 6.37. The lowest BCUT2D eigenvalue weighted by Crippen LogP contribution is -2.28. The first-order valence-corrected chi connectivity index (χ1v) is 8.66. The highest BCUT2D eigenvalue weighted by molar-refractivity contribution is 5.89. The van der Waals surface area contributed by atoms with Crippen molar-refractivity contribution in [3.05, 3.63) is 83.4 Å². The third-order valence-corrected chi connectivity index (χ3v) is 4.28. The number of benzene rings is 2. The van der Waals surface area contributed by atoms with Gasteiger partial charge in [0, 0.05) is 24.0 Å². The smallest absolute Gasteiger partial charge is 0.334 e. The van der Waals surface area contributed by atoms with Crippen LogP contribution < -0.4 is 10.6 Å². The van der Waals surface area contributed by atoms with E-state index in [2.05, 4.69) is 15.6 Å². The van der Waals surface area contributed by atoms with Gasteiger partial charge in [-0.1, -0.05) is 30.3 Å². The first-order valence-electron chi connectivity index (χ1n) is 8.66. The summed E-state index contributed by atoms with van der Waals surface area (Å²) in [6, 6.07) is 13.0. The van der Waals surface area contributed by atoms with Gasteiger partial charge >= 0.3 is 12.2 Å². The molecule has 150 valence electrons. The van der Waals surface area contributed by atoms with Gasteiger partial charge < -0.3 is 10.6 Å². The van der Waals surface area contributed by atoms with Crippen LogP contribution in [0.1, 0.15) is 16.7 Å². The molecular formula is C21H17F4N3O. The molecule has 1 aromatic heterocycles. The second kappa shape index (κ2) is 8.30. The van der Waals surface area contributed by atoms with E-state index in [0.717, 1.165) is 11.6 Å². The summed E-state index contributed by atoms with van der Waals surface area (Å²) >= 11 is 0. The average Bonchev–Trinajstić information content (AvgIpc) is 2.68. The topological polar surface area (TPSA) is 54.0 Å². The molecule has 3 rings (SSSR count). The molecule has 0 atom stereocenters. The van der Waals surface area contributed by atoms with Gasteiger partial charge in [0.05, 0.1) is 5.56 Å². The summed E-state index contributed by atoms with van der Waals surface area (Å²) in [5.41, 5.74) is 1.07. The third-order valence-electron chi connectivity index (χ3n) is 4.28. The number of pyridine rings is 1. The monoisotopic (exact) mass is 403 g/mol. The van der Waals surface area contributed by atoms with Crippen LogP contribution in [0.25, 0.3) is 11.1 Å². The van der Waals surface area contributed by atoms with E-state index < -0.39 is 23.7 Å². The van der Waals surface area contributed by atoms with Crippen molar-refractivity contribution < 1.29 is 22.4 Å². The third kappa shape index (κ3) is 5.10. The Morgan fingerprint density at radius 2 is 1.79 bits per heavy atom. The highest BCUT2D eigenvalue weighted by Gasteiger charge is 2.32. The number of aryl methyl sites for hydroxylation is 1. The Hall–Kier alpha value is -3.42. The molecule has 0 aliphatic heterocycles. The summed E-state index contributed by atoms with van der Waals surface area (Å²) < 4.78 is 52.6. The fourth-order valence-electron chi connectivity index (χ4n) is 2.77. The van der Waals surface area contributed by atoms with Crippen molar-refractivity contribution in [3.63, 3.8) is 0 Å². The maximum Gasteiger partial charge on any atom is 0.416 e. The van der Waals surface area contributed by atoms with E-state index in [1.165, 1.54) is 25.3 Å². The molecule has 0 radical (unpaired) electrons. The molecule has 0 saturated heterocycles. The van der Waals surface area contributed by atoms with E-state index in [0.29, 0.717) is 11.1 Å². The number of aromatic nitrogens is 1. The average molecular weight is 403 g/mol. The summed E-state index contributed by atoms with van der Waals surface area (Å²) in [4.78, 5) is 15.6. The molecule has 4 nitrogen and oxygen atoms in total. The Labute approximate surface area is 164 Å². The molecule has 2 amide bonds. The number of amides is 2. The fraction of sp³-hybridized carbons (Fsp3) is 0.143. The zero-order valence-corrected chi connectivity index (χ0v) is 15.3. The number of carbonyl (C=O) groups excluding carboxylic acids is 1. The summed E-state index contributed by atoms with van der Waals surface area (Å²) in [6.07, 6.45) is -3.13. The Morgan fingerprint density at radius 1 is 1.07 bits per heavy atom. The van der Waals surface area contributed by atoms with E-state index in [1.807, 2.05) is 0 Å². The van der Waals surface area contributed by atoms with Crippen LogP contribution >= 0.6 is 0 Å². The maximum atomic E-state index is 13.7. The highest BCUT2D eigenvalue weighted by atomic mass is 19.4. The van der Waals surface area contributed by atoms with Crippen LogP contribution in [-0.2, 0) is 12.7 Å². The Balaban J connectivity index is 1.61. The van der Waals surface area contributed by atoms with Gasteiger partial charge in [-0.3, -0.25) is 0 Å². The lowest BCUT2D eigenvalue weighted by Gasteiger charge is -2.13. The van der Waals surface area contributed by atoms with Crippen molar-refractivity contribution in [1.29, 1.82) is 0 Å². The van der Waals surface area contributed by atoms with E-state index >= 15 is 0 Å². The first kappa shape index (κ1) is 20.3. The van der Waals surface area contributed by atoms with Crippen LogP contribution in [0.5, 0.6) is 0 Å². The number of alkyl halides is 3. The molecule has 8 heteroatoms. The van der Waals surface area contributed by atoms with Crippen molar-refractivity contribution in [3.8, 4) is 11.1 Å². The first-order chi connectivity index (χ1) is 13.7. The largest absolute Gasteiger partial charge is 0.416 e. The van der Waals surface area contributed by atoms with Gasteiger partial charge in [-0.2, -0.15) is 17.6 Å². The van der Waals surface area contributed by atoms with Crippen LogP contribution in [0.4, 0.5) is 28.0 Å².